The molecular formula is C13H22N2O. The number of nitrogen functional groups attached to an aromatic ring is 1. The Balaban J connectivity index is 2.29. The number of nitrogens with two attached hydrogens (primary N) is 1. The smallest absolute Gasteiger partial charge is 0.121 e. The Bertz CT molecular complexity index is 302. The summed E-state index contributed by atoms with van der Waals surface area (Å²) in [6.45, 7) is 8.28. The molecule has 0 radical (unpaired) electrons. The molecular weight excluding hydrogens is 200 g/mol. The van der Waals surface area contributed by atoms with Crippen molar-refractivity contribution in [3.05, 3.63) is 24.3 Å². The summed E-state index contributed by atoms with van der Waals surface area (Å²) < 4.78 is 5.64. The molecule has 0 aliphatic heterocycles. The fourth-order valence-electron chi connectivity index (χ4n) is 1.64. The lowest BCUT2D eigenvalue weighted by atomic mass is 10.3. The molecule has 0 spiro atoms. The standard InChI is InChI=1S/C13H22N2O/c1-3-8-15(4-2)9-10-16-13-7-5-6-12(14)11-13/h5-7,11H,3-4,8-10,14H2,1-2H3. The molecule has 90 valence electrons. The highest BCUT2D eigenvalue weighted by atomic mass is 16.5. The minimum absolute atomic E-state index is 0.720. The number of anilines is 1. The van der Waals surface area contributed by atoms with Gasteiger partial charge in [-0.1, -0.05) is 19.9 Å². The van der Waals surface area contributed by atoms with Gasteiger partial charge in [-0.05, 0) is 31.6 Å². The summed E-state index contributed by atoms with van der Waals surface area (Å²) in [6, 6.07) is 7.57. The van der Waals surface area contributed by atoms with Crippen molar-refractivity contribution in [2.75, 3.05) is 32.0 Å². The molecule has 0 aromatic heterocycles. The average molecular weight is 222 g/mol. The second-order valence-electron chi connectivity index (χ2n) is 3.86. The predicted molar refractivity (Wildman–Crippen MR) is 68.8 cm³/mol. The number of hydrogen-bond donors (Lipinski definition) is 1. The van der Waals surface area contributed by atoms with Gasteiger partial charge < -0.3 is 15.4 Å². The quantitative estimate of drug-likeness (QED) is 0.720. The van der Waals surface area contributed by atoms with Gasteiger partial charge in [0, 0.05) is 18.3 Å². The molecule has 2 N–H and O–H groups in total. The van der Waals surface area contributed by atoms with Crippen LogP contribution in [0.1, 0.15) is 20.3 Å². The van der Waals surface area contributed by atoms with Crippen molar-refractivity contribution in [2.24, 2.45) is 0 Å². The van der Waals surface area contributed by atoms with Crippen LogP contribution in [-0.2, 0) is 0 Å². The largest absolute Gasteiger partial charge is 0.492 e. The Labute approximate surface area is 98.2 Å². The molecule has 0 fully saturated rings. The maximum atomic E-state index is 5.67. The van der Waals surface area contributed by atoms with Crippen LogP contribution in [0.15, 0.2) is 24.3 Å². The summed E-state index contributed by atoms with van der Waals surface area (Å²) >= 11 is 0. The molecule has 1 aromatic carbocycles. The van der Waals surface area contributed by atoms with Gasteiger partial charge in [0.15, 0.2) is 0 Å². The maximum absolute atomic E-state index is 5.67. The first kappa shape index (κ1) is 12.8. The zero-order chi connectivity index (χ0) is 11.8. The lowest BCUT2D eigenvalue weighted by Crippen LogP contribution is -2.28. The molecule has 0 saturated carbocycles. The zero-order valence-corrected chi connectivity index (χ0v) is 10.3. The number of rotatable bonds is 7. The van der Waals surface area contributed by atoms with E-state index in [0.29, 0.717) is 0 Å². The third-order valence-corrected chi connectivity index (χ3v) is 2.52. The molecule has 0 heterocycles. The van der Waals surface area contributed by atoms with Gasteiger partial charge in [-0.25, -0.2) is 0 Å². The molecule has 3 nitrogen and oxygen atoms in total. The third kappa shape index (κ3) is 4.53. The van der Waals surface area contributed by atoms with Gasteiger partial charge >= 0.3 is 0 Å². The first-order valence-corrected chi connectivity index (χ1v) is 5.97. The van der Waals surface area contributed by atoms with Gasteiger partial charge in [-0.15, -0.1) is 0 Å². The van der Waals surface area contributed by atoms with Crippen LogP contribution in [0.25, 0.3) is 0 Å². The summed E-state index contributed by atoms with van der Waals surface area (Å²) in [4.78, 5) is 2.38. The molecule has 1 rings (SSSR count). The first-order valence-electron chi connectivity index (χ1n) is 5.97. The van der Waals surface area contributed by atoms with E-state index in [2.05, 4.69) is 18.7 Å². The van der Waals surface area contributed by atoms with E-state index < -0.39 is 0 Å². The SMILES string of the molecule is CCCN(CC)CCOc1cccc(N)c1. The summed E-state index contributed by atoms with van der Waals surface area (Å²) in [5.74, 6) is 0.854. The number of hydrogen-bond acceptors (Lipinski definition) is 3. The fraction of sp³-hybridized carbons (Fsp3) is 0.538. The minimum atomic E-state index is 0.720. The van der Waals surface area contributed by atoms with E-state index in [1.165, 1.54) is 6.42 Å². The van der Waals surface area contributed by atoms with Crippen molar-refractivity contribution in [3.8, 4) is 5.75 Å². The second kappa shape index (κ2) is 7.12. The summed E-state index contributed by atoms with van der Waals surface area (Å²) in [6.07, 6.45) is 1.19. The van der Waals surface area contributed by atoms with Crippen LogP contribution in [0.3, 0.4) is 0 Å². The Morgan fingerprint density at radius 3 is 2.69 bits per heavy atom. The molecule has 1 aromatic rings. The first-order chi connectivity index (χ1) is 7.76. The van der Waals surface area contributed by atoms with E-state index >= 15 is 0 Å². The Morgan fingerprint density at radius 2 is 2.06 bits per heavy atom. The van der Waals surface area contributed by atoms with Crippen molar-refractivity contribution in [1.29, 1.82) is 0 Å². The molecule has 16 heavy (non-hydrogen) atoms. The van der Waals surface area contributed by atoms with E-state index in [1.807, 2.05) is 24.3 Å². The lowest BCUT2D eigenvalue weighted by Gasteiger charge is -2.19. The van der Waals surface area contributed by atoms with Gasteiger partial charge in [-0.2, -0.15) is 0 Å². The van der Waals surface area contributed by atoms with Crippen molar-refractivity contribution in [1.82, 2.24) is 4.90 Å². The Kier molecular flexibility index (Phi) is 5.72. The summed E-state index contributed by atoms with van der Waals surface area (Å²) in [5.41, 5.74) is 6.42. The highest BCUT2D eigenvalue weighted by molar-refractivity contribution is 5.43. The Morgan fingerprint density at radius 1 is 1.25 bits per heavy atom. The van der Waals surface area contributed by atoms with Gasteiger partial charge in [0.05, 0.1) is 0 Å². The highest BCUT2D eigenvalue weighted by Crippen LogP contribution is 2.14. The van der Waals surface area contributed by atoms with Gasteiger partial charge in [0.25, 0.3) is 0 Å². The highest BCUT2D eigenvalue weighted by Gasteiger charge is 2.01. The molecule has 0 bridgehead atoms. The van der Waals surface area contributed by atoms with Crippen LogP contribution in [-0.4, -0.2) is 31.1 Å². The van der Waals surface area contributed by atoms with Crippen molar-refractivity contribution < 1.29 is 4.74 Å². The van der Waals surface area contributed by atoms with Crippen LogP contribution in [0.2, 0.25) is 0 Å². The van der Waals surface area contributed by atoms with Gasteiger partial charge in [-0.3, -0.25) is 0 Å². The summed E-state index contributed by atoms with van der Waals surface area (Å²) in [7, 11) is 0. The van der Waals surface area contributed by atoms with Crippen LogP contribution >= 0.6 is 0 Å². The fourth-order valence-corrected chi connectivity index (χ4v) is 1.64. The molecule has 3 heteroatoms. The van der Waals surface area contributed by atoms with Crippen LogP contribution in [0.4, 0.5) is 5.69 Å². The van der Waals surface area contributed by atoms with Crippen molar-refractivity contribution >= 4 is 5.69 Å². The molecule has 0 unspecified atom stereocenters. The third-order valence-electron chi connectivity index (χ3n) is 2.52. The topological polar surface area (TPSA) is 38.5 Å². The molecule has 0 saturated heterocycles. The maximum Gasteiger partial charge on any atom is 0.121 e. The second-order valence-corrected chi connectivity index (χ2v) is 3.86. The van der Waals surface area contributed by atoms with E-state index in [0.717, 1.165) is 37.7 Å². The van der Waals surface area contributed by atoms with Gasteiger partial charge in [0.1, 0.15) is 12.4 Å². The molecule has 0 aliphatic carbocycles. The average Bonchev–Trinajstić information content (AvgIpc) is 2.28. The van der Waals surface area contributed by atoms with Gasteiger partial charge in [0.2, 0.25) is 0 Å². The van der Waals surface area contributed by atoms with Crippen LogP contribution in [0, 0.1) is 0 Å². The summed E-state index contributed by atoms with van der Waals surface area (Å²) in [5, 5.41) is 0. The van der Waals surface area contributed by atoms with Crippen molar-refractivity contribution in [2.45, 2.75) is 20.3 Å². The minimum Gasteiger partial charge on any atom is -0.492 e. The van der Waals surface area contributed by atoms with Crippen molar-refractivity contribution in [3.63, 3.8) is 0 Å². The molecule has 0 aliphatic rings. The van der Waals surface area contributed by atoms with E-state index in [1.54, 1.807) is 0 Å². The van der Waals surface area contributed by atoms with E-state index in [9.17, 15) is 0 Å². The number of nitrogens with zero attached hydrogens (tertiary/aromatic N) is 1. The van der Waals surface area contributed by atoms with E-state index in [4.69, 9.17) is 10.5 Å². The predicted octanol–water partition coefficient (Wildman–Crippen LogP) is 2.38. The number of ether oxygens (including phenoxy) is 1. The van der Waals surface area contributed by atoms with Crippen LogP contribution in [0.5, 0.6) is 5.75 Å². The van der Waals surface area contributed by atoms with E-state index in [-0.39, 0.29) is 0 Å². The number of likely N-dealkylation sites (N-methyl/N-ethyl adjacent to an activating group) is 1. The zero-order valence-electron chi connectivity index (χ0n) is 10.3. The Hall–Kier alpha value is -1.22. The molecule has 0 atom stereocenters. The molecule has 0 amide bonds. The normalized spacial score (nSPS) is 10.7. The number of benzene rings is 1. The monoisotopic (exact) mass is 222 g/mol. The lowest BCUT2D eigenvalue weighted by molar-refractivity contribution is 0.216. The van der Waals surface area contributed by atoms with Crippen LogP contribution < -0.4 is 10.5 Å².